The van der Waals surface area contributed by atoms with Gasteiger partial charge in [-0.25, -0.2) is 0 Å². The molecule has 0 atom stereocenters. The topological polar surface area (TPSA) is 38.8 Å². The SMILES string of the molecule is CCOC(=O)CC1(c2cccc(OC)c2)CN(C(c2ccccc2)c2ccccc2)C1. The van der Waals surface area contributed by atoms with E-state index in [0.29, 0.717) is 13.0 Å². The molecule has 0 saturated carbocycles. The van der Waals surface area contributed by atoms with E-state index in [1.807, 2.05) is 31.2 Å². The molecule has 1 heterocycles. The smallest absolute Gasteiger partial charge is 0.306 e. The van der Waals surface area contributed by atoms with Crippen LogP contribution in [-0.2, 0) is 14.9 Å². The summed E-state index contributed by atoms with van der Waals surface area (Å²) in [4.78, 5) is 15.0. The fraction of sp³-hybridized carbons (Fsp3) is 0.296. The summed E-state index contributed by atoms with van der Waals surface area (Å²) >= 11 is 0. The summed E-state index contributed by atoms with van der Waals surface area (Å²) in [5.74, 6) is 0.655. The first kappa shape index (κ1) is 21.1. The number of carbonyl (C=O) groups excluding carboxylic acids is 1. The molecule has 4 nitrogen and oxygen atoms in total. The summed E-state index contributed by atoms with van der Waals surface area (Å²) in [6.45, 7) is 3.79. The molecular weight excluding hydrogens is 386 g/mol. The molecule has 4 rings (SSSR count). The molecule has 0 aliphatic carbocycles. The van der Waals surface area contributed by atoms with Gasteiger partial charge in [0, 0.05) is 18.5 Å². The van der Waals surface area contributed by atoms with Crippen molar-refractivity contribution in [1.82, 2.24) is 4.90 Å². The van der Waals surface area contributed by atoms with Crippen LogP contribution < -0.4 is 4.74 Å². The number of rotatable bonds is 8. The number of hydrogen-bond acceptors (Lipinski definition) is 4. The minimum atomic E-state index is -0.289. The van der Waals surface area contributed by atoms with Crippen LogP contribution in [0.15, 0.2) is 84.9 Å². The first-order valence-electron chi connectivity index (χ1n) is 10.8. The Hall–Kier alpha value is -3.11. The van der Waals surface area contributed by atoms with Crippen LogP contribution >= 0.6 is 0 Å². The highest BCUT2D eigenvalue weighted by molar-refractivity contribution is 5.72. The Morgan fingerprint density at radius 2 is 1.55 bits per heavy atom. The van der Waals surface area contributed by atoms with Crippen LogP contribution in [0.3, 0.4) is 0 Å². The van der Waals surface area contributed by atoms with Crippen LogP contribution in [0, 0.1) is 0 Å². The van der Waals surface area contributed by atoms with Crippen molar-refractivity contribution in [3.8, 4) is 5.75 Å². The van der Waals surface area contributed by atoms with Gasteiger partial charge in [-0.2, -0.15) is 0 Å². The normalized spacial score (nSPS) is 15.3. The largest absolute Gasteiger partial charge is 0.497 e. The van der Waals surface area contributed by atoms with Crippen LogP contribution in [-0.4, -0.2) is 37.7 Å². The zero-order valence-corrected chi connectivity index (χ0v) is 18.2. The minimum absolute atomic E-state index is 0.142. The van der Waals surface area contributed by atoms with Gasteiger partial charge in [-0.1, -0.05) is 72.8 Å². The highest BCUT2D eigenvalue weighted by atomic mass is 16.5. The zero-order chi connectivity index (χ0) is 21.7. The first-order chi connectivity index (χ1) is 15.1. The van der Waals surface area contributed by atoms with Crippen molar-refractivity contribution >= 4 is 5.97 Å². The lowest BCUT2D eigenvalue weighted by Gasteiger charge is -2.53. The van der Waals surface area contributed by atoms with Gasteiger partial charge in [0.05, 0.1) is 26.2 Å². The summed E-state index contributed by atoms with van der Waals surface area (Å²) < 4.78 is 10.8. The molecule has 3 aromatic carbocycles. The maximum absolute atomic E-state index is 12.5. The Labute approximate surface area is 184 Å². The van der Waals surface area contributed by atoms with Crippen molar-refractivity contribution in [2.45, 2.75) is 24.8 Å². The van der Waals surface area contributed by atoms with Gasteiger partial charge >= 0.3 is 5.97 Å². The lowest BCUT2D eigenvalue weighted by molar-refractivity contribution is -0.147. The molecule has 0 radical (unpaired) electrons. The number of carbonyl (C=O) groups is 1. The molecule has 3 aromatic rings. The Morgan fingerprint density at radius 1 is 0.935 bits per heavy atom. The molecule has 1 fully saturated rings. The number of benzene rings is 3. The molecule has 0 bridgehead atoms. The summed E-state index contributed by atoms with van der Waals surface area (Å²) in [5.41, 5.74) is 3.34. The fourth-order valence-corrected chi connectivity index (χ4v) is 4.64. The van der Waals surface area contributed by atoms with E-state index in [0.717, 1.165) is 24.4 Å². The van der Waals surface area contributed by atoms with Gasteiger partial charge in [-0.3, -0.25) is 9.69 Å². The van der Waals surface area contributed by atoms with Gasteiger partial charge in [0.1, 0.15) is 5.75 Å². The minimum Gasteiger partial charge on any atom is -0.497 e. The quantitative estimate of drug-likeness (QED) is 0.486. The first-order valence-corrected chi connectivity index (χ1v) is 10.8. The zero-order valence-electron chi connectivity index (χ0n) is 18.2. The van der Waals surface area contributed by atoms with Gasteiger partial charge in [-0.15, -0.1) is 0 Å². The van der Waals surface area contributed by atoms with Crippen LogP contribution in [0.4, 0.5) is 0 Å². The highest BCUT2D eigenvalue weighted by Gasteiger charge is 2.49. The molecule has 1 aliphatic heterocycles. The van der Waals surface area contributed by atoms with Gasteiger partial charge < -0.3 is 9.47 Å². The average molecular weight is 416 g/mol. The number of ether oxygens (including phenoxy) is 2. The third-order valence-corrected chi connectivity index (χ3v) is 6.08. The maximum atomic E-state index is 12.5. The molecule has 1 saturated heterocycles. The molecule has 1 aliphatic rings. The third-order valence-electron chi connectivity index (χ3n) is 6.08. The van der Waals surface area contributed by atoms with Gasteiger partial charge in [0.2, 0.25) is 0 Å². The molecule has 0 N–H and O–H groups in total. The van der Waals surface area contributed by atoms with Crippen molar-refractivity contribution < 1.29 is 14.3 Å². The van der Waals surface area contributed by atoms with Crippen LogP contribution in [0.25, 0.3) is 0 Å². The van der Waals surface area contributed by atoms with Crippen molar-refractivity contribution in [1.29, 1.82) is 0 Å². The highest BCUT2D eigenvalue weighted by Crippen LogP contribution is 2.45. The molecule has 4 heteroatoms. The van der Waals surface area contributed by atoms with Crippen molar-refractivity contribution in [2.75, 3.05) is 26.8 Å². The van der Waals surface area contributed by atoms with Gasteiger partial charge in [0.15, 0.2) is 0 Å². The number of esters is 1. The second-order valence-corrected chi connectivity index (χ2v) is 8.12. The Balaban J connectivity index is 1.66. The van der Waals surface area contributed by atoms with E-state index in [4.69, 9.17) is 9.47 Å². The summed E-state index contributed by atoms with van der Waals surface area (Å²) in [6, 6.07) is 29.3. The number of hydrogen-bond donors (Lipinski definition) is 0. The standard InChI is InChI=1S/C27H29NO3/c1-3-31-25(29)18-27(23-15-10-16-24(17-23)30-2)19-28(20-27)26(21-11-6-4-7-12-21)22-13-8-5-9-14-22/h4-17,26H,3,18-20H2,1-2H3. The second-order valence-electron chi connectivity index (χ2n) is 8.12. The number of likely N-dealkylation sites (tertiary alicyclic amines) is 1. The summed E-state index contributed by atoms with van der Waals surface area (Å²) in [5, 5.41) is 0. The summed E-state index contributed by atoms with van der Waals surface area (Å²) in [6.07, 6.45) is 0.362. The Morgan fingerprint density at radius 3 is 2.10 bits per heavy atom. The average Bonchev–Trinajstić information content (AvgIpc) is 2.79. The lowest BCUT2D eigenvalue weighted by atomic mass is 9.69. The van der Waals surface area contributed by atoms with E-state index in [-0.39, 0.29) is 17.4 Å². The predicted molar refractivity (Wildman–Crippen MR) is 122 cm³/mol. The molecule has 0 spiro atoms. The van der Waals surface area contributed by atoms with E-state index >= 15 is 0 Å². The molecule has 0 unspecified atom stereocenters. The maximum Gasteiger partial charge on any atom is 0.306 e. The van der Waals surface area contributed by atoms with Crippen LogP contribution in [0.2, 0.25) is 0 Å². The van der Waals surface area contributed by atoms with Crippen molar-refractivity contribution in [2.24, 2.45) is 0 Å². The number of nitrogens with zero attached hydrogens (tertiary/aromatic N) is 1. The molecule has 0 amide bonds. The van der Waals surface area contributed by atoms with E-state index < -0.39 is 0 Å². The Bertz CT molecular complexity index is 958. The molecular formula is C27H29NO3. The fourth-order valence-electron chi connectivity index (χ4n) is 4.64. The van der Waals surface area contributed by atoms with Crippen LogP contribution in [0.5, 0.6) is 5.75 Å². The number of methoxy groups -OCH3 is 1. The predicted octanol–water partition coefficient (Wildman–Crippen LogP) is 4.99. The second kappa shape index (κ2) is 9.36. The Kier molecular flexibility index (Phi) is 6.38. The van der Waals surface area contributed by atoms with Gasteiger partial charge in [0.25, 0.3) is 0 Å². The van der Waals surface area contributed by atoms with Crippen molar-refractivity contribution in [3.63, 3.8) is 0 Å². The third kappa shape index (κ3) is 4.49. The van der Waals surface area contributed by atoms with E-state index in [9.17, 15) is 4.79 Å². The monoisotopic (exact) mass is 415 g/mol. The van der Waals surface area contributed by atoms with Gasteiger partial charge in [-0.05, 0) is 35.7 Å². The molecule has 0 aromatic heterocycles. The van der Waals surface area contributed by atoms with Crippen LogP contribution in [0.1, 0.15) is 36.1 Å². The molecule has 160 valence electrons. The van der Waals surface area contributed by atoms with E-state index in [1.165, 1.54) is 11.1 Å². The lowest BCUT2D eigenvalue weighted by Crippen LogP contribution is -2.61. The van der Waals surface area contributed by atoms with E-state index in [2.05, 4.69) is 65.6 Å². The van der Waals surface area contributed by atoms with Crippen molar-refractivity contribution in [3.05, 3.63) is 102 Å². The van der Waals surface area contributed by atoms with E-state index in [1.54, 1.807) is 7.11 Å². The molecule has 31 heavy (non-hydrogen) atoms. The summed E-state index contributed by atoms with van der Waals surface area (Å²) in [7, 11) is 1.67.